The number of methoxy groups -OCH3 is 1. The second-order valence-electron chi connectivity index (χ2n) is 4.56. The fourth-order valence-corrected chi connectivity index (χ4v) is 2.35. The predicted octanol–water partition coefficient (Wildman–Crippen LogP) is 2.72. The number of Topliss-reactive ketones (excluding diaryl/α,β-unsaturated/α-hetero) is 1. The molecule has 0 spiro atoms. The number of aromatic hydroxyl groups is 1. The first-order valence-corrected chi connectivity index (χ1v) is 6.55. The summed E-state index contributed by atoms with van der Waals surface area (Å²) >= 11 is 5.97. The Morgan fingerprint density at radius 2 is 2.00 bits per heavy atom. The van der Waals surface area contributed by atoms with E-state index in [1.807, 2.05) is 0 Å². The summed E-state index contributed by atoms with van der Waals surface area (Å²) in [4.78, 5) is 24.1. The molecule has 0 fully saturated rings. The van der Waals surface area contributed by atoms with E-state index in [0.717, 1.165) is 0 Å². The first kappa shape index (κ1) is 15.1. The first-order chi connectivity index (χ1) is 9.86. The number of nitrogens with zero attached hydrogens (tertiary/aromatic N) is 1. The molecule has 0 atom stereocenters. The zero-order valence-corrected chi connectivity index (χ0v) is 12.6. The highest BCUT2D eigenvalue weighted by Crippen LogP contribution is 2.27. The average Bonchev–Trinajstić information content (AvgIpc) is 2.37. The van der Waals surface area contributed by atoms with Crippen molar-refractivity contribution in [1.29, 1.82) is 0 Å². The first-order valence-electron chi connectivity index (χ1n) is 6.17. The van der Waals surface area contributed by atoms with Gasteiger partial charge in [-0.3, -0.25) is 14.2 Å². The van der Waals surface area contributed by atoms with Gasteiger partial charge in [0, 0.05) is 16.8 Å². The number of aryl methyl sites for hydroxylation is 1. The molecule has 0 unspecified atom stereocenters. The van der Waals surface area contributed by atoms with Gasteiger partial charge < -0.3 is 9.84 Å². The second-order valence-corrected chi connectivity index (χ2v) is 5.00. The molecule has 2 aromatic rings. The summed E-state index contributed by atoms with van der Waals surface area (Å²) in [5, 5.41) is 10.2. The second kappa shape index (κ2) is 5.61. The minimum atomic E-state index is -0.611. The highest BCUT2D eigenvalue weighted by molar-refractivity contribution is 6.30. The number of hydrogen-bond acceptors (Lipinski definition) is 4. The van der Waals surface area contributed by atoms with Crippen molar-refractivity contribution in [3.8, 4) is 17.2 Å². The molecule has 0 aliphatic rings. The fourth-order valence-electron chi connectivity index (χ4n) is 2.18. The third-order valence-electron chi connectivity index (χ3n) is 3.11. The van der Waals surface area contributed by atoms with E-state index in [4.69, 9.17) is 16.3 Å². The molecule has 0 saturated carbocycles. The molecule has 0 radical (unpaired) electrons. The van der Waals surface area contributed by atoms with Crippen LogP contribution in [0, 0.1) is 6.92 Å². The van der Waals surface area contributed by atoms with E-state index in [1.54, 1.807) is 25.1 Å². The van der Waals surface area contributed by atoms with Gasteiger partial charge in [0.05, 0.1) is 12.8 Å². The molecule has 6 heteroatoms. The third kappa shape index (κ3) is 2.64. The highest BCUT2D eigenvalue weighted by atomic mass is 35.5. The number of aromatic nitrogens is 1. The van der Waals surface area contributed by atoms with Crippen molar-refractivity contribution >= 4 is 17.4 Å². The lowest BCUT2D eigenvalue weighted by atomic mass is 10.1. The van der Waals surface area contributed by atoms with E-state index in [0.29, 0.717) is 22.2 Å². The summed E-state index contributed by atoms with van der Waals surface area (Å²) in [7, 11) is 1.47. The summed E-state index contributed by atoms with van der Waals surface area (Å²) in [6.07, 6.45) is 0. The van der Waals surface area contributed by atoms with Crippen LogP contribution in [0.1, 0.15) is 23.0 Å². The van der Waals surface area contributed by atoms with E-state index in [9.17, 15) is 14.7 Å². The van der Waals surface area contributed by atoms with Gasteiger partial charge in [-0.15, -0.1) is 0 Å². The average molecular weight is 308 g/mol. The number of ether oxygens (including phenoxy) is 1. The number of carbonyl (C=O) groups excluding carboxylic acids is 1. The molecule has 5 nitrogen and oxygen atoms in total. The predicted molar refractivity (Wildman–Crippen MR) is 80.0 cm³/mol. The molecule has 2 rings (SSSR count). The molecular weight excluding hydrogens is 294 g/mol. The standard InChI is InChI=1S/C15H14ClNO4/c1-8-6-12(19)14(9(2)18)15(20)17(8)11-7-10(16)4-5-13(11)21-3/h4-7,19H,1-3H3. The Labute approximate surface area is 126 Å². The topological polar surface area (TPSA) is 68.5 Å². The van der Waals surface area contributed by atoms with Crippen molar-refractivity contribution in [3.05, 3.63) is 50.9 Å². The number of hydrogen-bond donors (Lipinski definition) is 1. The number of rotatable bonds is 3. The van der Waals surface area contributed by atoms with E-state index >= 15 is 0 Å². The van der Waals surface area contributed by atoms with E-state index < -0.39 is 11.3 Å². The van der Waals surface area contributed by atoms with Crippen LogP contribution < -0.4 is 10.3 Å². The Bertz CT molecular complexity index is 780. The molecule has 110 valence electrons. The normalized spacial score (nSPS) is 10.5. The Morgan fingerprint density at radius 3 is 2.57 bits per heavy atom. The van der Waals surface area contributed by atoms with E-state index in [2.05, 4.69) is 0 Å². The number of halogens is 1. The largest absolute Gasteiger partial charge is 0.507 e. The van der Waals surface area contributed by atoms with Crippen molar-refractivity contribution < 1.29 is 14.6 Å². The number of pyridine rings is 1. The molecule has 1 heterocycles. The van der Waals surface area contributed by atoms with Crippen molar-refractivity contribution in [1.82, 2.24) is 4.57 Å². The smallest absolute Gasteiger partial charge is 0.270 e. The quantitative estimate of drug-likeness (QED) is 0.885. The van der Waals surface area contributed by atoms with Crippen LogP contribution in [-0.4, -0.2) is 22.6 Å². The summed E-state index contributed by atoms with van der Waals surface area (Å²) in [5.74, 6) is -0.403. The van der Waals surface area contributed by atoms with E-state index in [1.165, 1.54) is 24.7 Å². The van der Waals surface area contributed by atoms with Crippen LogP contribution in [0.5, 0.6) is 11.5 Å². The van der Waals surface area contributed by atoms with Gasteiger partial charge in [0.1, 0.15) is 17.1 Å². The van der Waals surface area contributed by atoms with Crippen LogP contribution in [0.3, 0.4) is 0 Å². The zero-order chi connectivity index (χ0) is 15.7. The maximum atomic E-state index is 12.5. The Hall–Kier alpha value is -2.27. The van der Waals surface area contributed by atoms with Crippen molar-refractivity contribution in [2.75, 3.05) is 7.11 Å². The van der Waals surface area contributed by atoms with Gasteiger partial charge >= 0.3 is 0 Å². The summed E-state index contributed by atoms with van der Waals surface area (Å²) in [5.41, 5.74) is 0.00117. The minimum Gasteiger partial charge on any atom is -0.507 e. The lowest BCUT2D eigenvalue weighted by molar-refractivity contribution is 0.101. The Balaban J connectivity index is 2.88. The van der Waals surface area contributed by atoms with Gasteiger partial charge in [0.2, 0.25) is 0 Å². The molecular formula is C15H14ClNO4. The van der Waals surface area contributed by atoms with Crippen LogP contribution >= 0.6 is 11.6 Å². The summed E-state index contributed by atoms with van der Waals surface area (Å²) < 4.78 is 6.52. The highest BCUT2D eigenvalue weighted by Gasteiger charge is 2.19. The minimum absolute atomic E-state index is 0.261. The molecule has 1 aromatic heterocycles. The molecule has 0 aliphatic heterocycles. The lowest BCUT2D eigenvalue weighted by Gasteiger charge is -2.15. The van der Waals surface area contributed by atoms with E-state index in [-0.39, 0.29) is 11.3 Å². The Kier molecular flexibility index (Phi) is 4.04. The number of benzene rings is 1. The van der Waals surface area contributed by atoms with Crippen molar-refractivity contribution in [2.24, 2.45) is 0 Å². The third-order valence-corrected chi connectivity index (χ3v) is 3.34. The molecule has 1 N–H and O–H groups in total. The van der Waals surface area contributed by atoms with Gasteiger partial charge in [-0.2, -0.15) is 0 Å². The SMILES string of the molecule is COc1ccc(Cl)cc1-n1c(C)cc(O)c(C(C)=O)c1=O. The van der Waals surface area contributed by atoms with Gasteiger partial charge in [0.25, 0.3) is 5.56 Å². The molecule has 1 aromatic carbocycles. The van der Waals surface area contributed by atoms with Gasteiger partial charge in [-0.05, 0) is 32.0 Å². The molecule has 0 aliphatic carbocycles. The maximum absolute atomic E-state index is 12.5. The Morgan fingerprint density at radius 1 is 1.33 bits per heavy atom. The van der Waals surface area contributed by atoms with Gasteiger partial charge in [0.15, 0.2) is 5.78 Å². The number of carbonyl (C=O) groups is 1. The molecule has 0 bridgehead atoms. The van der Waals surface area contributed by atoms with Gasteiger partial charge in [-0.1, -0.05) is 11.6 Å². The molecule has 0 saturated heterocycles. The molecule has 21 heavy (non-hydrogen) atoms. The van der Waals surface area contributed by atoms with Crippen LogP contribution in [0.2, 0.25) is 5.02 Å². The van der Waals surface area contributed by atoms with Crippen LogP contribution in [0.25, 0.3) is 5.69 Å². The van der Waals surface area contributed by atoms with Crippen molar-refractivity contribution in [2.45, 2.75) is 13.8 Å². The number of ketones is 1. The summed E-state index contributed by atoms with van der Waals surface area (Å²) in [6, 6.07) is 6.19. The summed E-state index contributed by atoms with van der Waals surface area (Å²) in [6.45, 7) is 2.87. The monoisotopic (exact) mass is 307 g/mol. The van der Waals surface area contributed by atoms with Crippen LogP contribution in [-0.2, 0) is 0 Å². The zero-order valence-electron chi connectivity index (χ0n) is 11.8. The fraction of sp³-hybridized carbons (Fsp3) is 0.200. The van der Waals surface area contributed by atoms with Crippen LogP contribution in [0.15, 0.2) is 29.1 Å². The lowest BCUT2D eigenvalue weighted by Crippen LogP contribution is -2.26. The molecule has 0 amide bonds. The van der Waals surface area contributed by atoms with Crippen molar-refractivity contribution in [3.63, 3.8) is 0 Å². The van der Waals surface area contributed by atoms with Crippen LogP contribution in [0.4, 0.5) is 0 Å². The van der Waals surface area contributed by atoms with Gasteiger partial charge in [-0.25, -0.2) is 0 Å². The maximum Gasteiger partial charge on any atom is 0.270 e.